The van der Waals surface area contributed by atoms with E-state index in [9.17, 15) is 23.5 Å². The van der Waals surface area contributed by atoms with Crippen molar-refractivity contribution in [3.8, 4) is 5.69 Å². The van der Waals surface area contributed by atoms with Gasteiger partial charge in [-0.2, -0.15) is 0 Å². The Kier molecular flexibility index (Phi) is 5.30. The molecule has 168 valence electrons. The highest BCUT2D eigenvalue weighted by Gasteiger charge is 2.32. The molecule has 2 unspecified atom stereocenters. The first-order chi connectivity index (χ1) is 15.0. The highest BCUT2D eigenvalue weighted by atomic mass is 35.5. The molecule has 2 heterocycles. The quantitative estimate of drug-likeness (QED) is 0.511. The molecular formula is C21H18ClF3N4O3. The molecule has 1 aromatic heterocycles. The van der Waals surface area contributed by atoms with Crippen LogP contribution >= 0.6 is 11.6 Å². The zero-order valence-electron chi connectivity index (χ0n) is 16.7. The second-order valence-electron chi connectivity index (χ2n) is 7.84. The number of carbonyl (C=O) groups is 1. The Labute approximate surface area is 184 Å². The van der Waals surface area contributed by atoms with E-state index in [2.05, 4.69) is 0 Å². The van der Waals surface area contributed by atoms with Gasteiger partial charge in [-0.1, -0.05) is 18.5 Å². The van der Waals surface area contributed by atoms with Gasteiger partial charge in [-0.05, 0) is 18.1 Å². The minimum absolute atomic E-state index is 0.0343. The fraction of sp³-hybridized carbons (Fsp3) is 0.238. The largest absolute Gasteiger partial charge is 0.477 e. The minimum atomic E-state index is -1.61. The van der Waals surface area contributed by atoms with Crippen LogP contribution in [0.3, 0.4) is 0 Å². The fourth-order valence-corrected chi connectivity index (χ4v) is 4.35. The zero-order chi connectivity index (χ0) is 23.5. The van der Waals surface area contributed by atoms with Crippen LogP contribution in [-0.2, 0) is 0 Å². The van der Waals surface area contributed by atoms with Gasteiger partial charge in [-0.3, -0.25) is 4.79 Å². The summed E-state index contributed by atoms with van der Waals surface area (Å²) in [5, 5.41) is 8.83. The van der Waals surface area contributed by atoms with Crippen LogP contribution in [0, 0.1) is 23.4 Å². The molecule has 4 rings (SSSR count). The number of nitrogens with two attached hydrogens (primary N) is 2. The average molecular weight is 467 g/mol. The number of pyridine rings is 1. The minimum Gasteiger partial charge on any atom is -0.477 e. The van der Waals surface area contributed by atoms with Crippen molar-refractivity contribution in [3.63, 3.8) is 0 Å². The van der Waals surface area contributed by atoms with E-state index in [0.717, 1.165) is 22.9 Å². The molecule has 7 nitrogen and oxygen atoms in total. The van der Waals surface area contributed by atoms with Gasteiger partial charge >= 0.3 is 5.97 Å². The highest BCUT2D eigenvalue weighted by molar-refractivity contribution is 6.38. The van der Waals surface area contributed by atoms with Gasteiger partial charge < -0.3 is 26.0 Å². The monoisotopic (exact) mass is 466 g/mol. The second kappa shape index (κ2) is 7.72. The number of rotatable bonds is 3. The van der Waals surface area contributed by atoms with E-state index in [0.29, 0.717) is 19.2 Å². The van der Waals surface area contributed by atoms with E-state index < -0.39 is 40.1 Å². The summed E-state index contributed by atoms with van der Waals surface area (Å²) in [7, 11) is 0. The molecule has 1 aliphatic heterocycles. The maximum atomic E-state index is 15.1. The van der Waals surface area contributed by atoms with Gasteiger partial charge in [-0.25, -0.2) is 18.0 Å². The van der Waals surface area contributed by atoms with Crippen molar-refractivity contribution in [1.29, 1.82) is 0 Å². The Morgan fingerprint density at radius 3 is 2.44 bits per heavy atom. The van der Waals surface area contributed by atoms with Crippen LogP contribution in [0.5, 0.6) is 0 Å². The molecule has 3 aromatic rings. The number of nitrogen functional groups attached to an aromatic ring is 1. The van der Waals surface area contributed by atoms with E-state index in [1.807, 2.05) is 6.92 Å². The molecule has 2 aromatic carbocycles. The van der Waals surface area contributed by atoms with E-state index in [1.54, 1.807) is 4.90 Å². The lowest BCUT2D eigenvalue weighted by molar-refractivity contribution is 0.0695. The molecule has 1 saturated heterocycles. The zero-order valence-corrected chi connectivity index (χ0v) is 17.5. The van der Waals surface area contributed by atoms with Crippen LogP contribution in [0.15, 0.2) is 29.2 Å². The third-order valence-corrected chi connectivity index (χ3v) is 6.06. The molecule has 0 bridgehead atoms. The smallest absolute Gasteiger partial charge is 0.341 e. The molecule has 1 fully saturated rings. The lowest BCUT2D eigenvalue weighted by atomic mass is 10.1. The number of nitrogens with zero attached hydrogens (tertiary/aromatic N) is 2. The molecule has 2 atom stereocenters. The molecule has 1 aliphatic rings. The summed E-state index contributed by atoms with van der Waals surface area (Å²) in [5.74, 6) is -4.54. The van der Waals surface area contributed by atoms with Crippen molar-refractivity contribution in [3.05, 3.63) is 62.7 Å². The Morgan fingerprint density at radius 1 is 1.16 bits per heavy atom. The topological polar surface area (TPSA) is 115 Å². The van der Waals surface area contributed by atoms with Gasteiger partial charge in [0, 0.05) is 31.4 Å². The number of hydrogen-bond donors (Lipinski definition) is 3. The fourth-order valence-electron chi connectivity index (χ4n) is 3.95. The van der Waals surface area contributed by atoms with E-state index in [1.165, 1.54) is 0 Å². The summed E-state index contributed by atoms with van der Waals surface area (Å²) in [4.78, 5) is 26.0. The van der Waals surface area contributed by atoms with E-state index in [-0.39, 0.29) is 39.3 Å². The van der Waals surface area contributed by atoms with Crippen LogP contribution in [0.25, 0.3) is 16.6 Å². The van der Waals surface area contributed by atoms with Crippen LogP contribution in [0.1, 0.15) is 17.3 Å². The summed E-state index contributed by atoms with van der Waals surface area (Å²) < 4.78 is 44.5. The van der Waals surface area contributed by atoms with Gasteiger partial charge in [0.1, 0.15) is 23.0 Å². The number of fused-ring (bicyclic) bond motifs is 1. The molecule has 5 N–H and O–H groups in total. The number of aromatic nitrogens is 1. The van der Waals surface area contributed by atoms with Crippen molar-refractivity contribution >= 4 is 39.8 Å². The number of halogens is 4. The van der Waals surface area contributed by atoms with Crippen LogP contribution in [0.4, 0.5) is 24.5 Å². The lowest BCUT2D eigenvalue weighted by Gasteiger charge is -2.23. The third kappa shape index (κ3) is 3.35. The predicted molar refractivity (Wildman–Crippen MR) is 115 cm³/mol. The van der Waals surface area contributed by atoms with Gasteiger partial charge in [0.05, 0.1) is 33.0 Å². The van der Waals surface area contributed by atoms with Crippen molar-refractivity contribution < 1.29 is 23.1 Å². The molecule has 0 saturated carbocycles. The van der Waals surface area contributed by atoms with Crippen molar-refractivity contribution in [2.24, 2.45) is 11.7 Å². The standard InChI is InChI=1S/C21H18ClF3N4O3/c1-8-5-28(7-15(8)27)19-13(25)2-9-18(17(19)22)29(6-10(20(9)30)21(31)32)16-4-14(26)11(23)3-12(16)24/h2-4,6,8,15H,5,7,26-27H2,1H3,(H,31,32). The first-order valence-corrected chi connectivity index (χ1v) is 9.95. The first-order valence-electron chi connectivity index (χ1n) is 9.57. The molecule has 11 heteroatoms. The van der Waals surface area contributed by atoms with E-state index >= 15 is 4.39 Å². The molecule has 0 aliphatic carbocycles. The number of hydrogen-bond acceptors (Lipinski definition) is 5. The Bertz CT molecular complexity index is 1330. The second-order valence-corrected chi connectivity index (χ2v) is 8.21. The van der Waals surface area contributed by atoms with Crippen molar-refractivity contribution in [2.45, 2.75) is 13.0 Å². The van der Waals surface area contributed by atoms with Crippen LogP contribution in [-0.4, -0.2) is 34.8 Å². The summed E-state index contributed by atoms with van der Waals surface area (Å²) in [6.45, 7) is 2.57. The third-order valence-electron chi connectivity index (χ3n) is 5.70. The normalized spacial score (nSPS) is 18.5. The SMILES string of the molecule is CC1CN(c2c(F)cc3c(=O)c(C(=O)O)cn(-c4cc(N)c(F)cc4F)c3c2Cl)CC1N. The number of carboxylic acid groups (broad SMARTS) is 1. The van der Waals surface area contributed by atoms with Gasteiger partial charge in [0.15, 0.2) is 0 Å². The van der Waals surface area contributed by atoms with Crippen LogP contribution in [0.2, 0.25) is 5.02 Å². The Hall–Kier alpha value is -3.24. The van der Waals surface area contributed by atoms with Crippen LogP contribution < -0.4 is 21.8 Å². The highest BCUT2D eigenvalue weighted by Crippen LogP contribution is 2.39. The molecule has 32 heavy (non-hydrogen) atoms. The summed E-state index contributed by atoms with van der Waals surface area (Å²) >= 11 is 6.55. The molecular weight excluding hydrogens is 449 g/mol. The van der Waals surface area contributed by atoms with Crippen molar-refractivity contribution in [1.82, 2.24) is 4.57 Å². The first kappa shape index (κ1) is 22.0. The van der Waals surface area contributed by atoms with Gasteiger partial charge in [0.2, 0.25) is 5.43 Å². The predicted octanol–water partition coefficient (Wildman–Crippen LogP) is 3.13. The number of anilines is 2. The Morgan fingerprint density at radius 2 is 1.84 bits per heavy atom. The van der Waals surface area contributed by atoms with Crippen molar-refractivity contribution in [2.75, 3.05) is 23.7 Å². The summed E-state index contributed by atoms with van der Waals surface area (Å²) in [5.41, 5.74) is 8.90. The molecule has 0 radical (unpaired) electrons. The Balaban J connectivity index is 2.12. The van der Waals surface area contributed by atoms with Gasteiger partial charge in [0.25, 0.3) is 0 Å². The number of aromatic carboxylic acids is 1. The maximum Gasteiger partial charge on any atom is 0.341 e. The number of carboxylic acids is 1. The summed E-state index contributed by atoms with van der Waals surface area (Å²) in [6, 6.07) is 2.08. The molecule has 0 amide bonds. The maximum absolute atomic E-state index is 15.1. The average Bonchev–Trinajstić information content (AvgIpc) is 3.03. The van der Waals surface area contributed by atoms with Gasteiger partial charge in [-0.15, -0.1) is 0 Å². The number of benzene rings is 2. The lowest BCUT2D eigenvalue weighted by Crippen LogP contribution is -2.29. The summed E-state index contributed by atoms with van der Waals surface area (Å²) in [6.07, 6.45) is 0.856. The molecule has 0 spiro atoms. The van der Waals surface area contributed by atoms with E-state index in [4.69, 9.17) is 23.1 Å².